The normalized spacial score (nSPS) is 12.0. The Hall–Kier alpha value is -2.99. The maximum absolute atomic E-state index is 13.0. The van der Waals surface area contributed by atoms with Crippen LogP contribution in [0.2, 0.25) is 5.02 Å². The smallest absolute Gasteiger partial charge is 0.416 e. The number of hydrogen-bond acceptors (Lipinski definition) is 6. The molecule has 0 aliphatic rings. The molecule has 0 saturated heterocycles. The van der Waals surface area contributed by atoms with Gasteiger partial charge in [0.2, 0.25) is 10.0 Å². The van der Waals surface area contributed by atoms with Gasteiger partial charge in [0.05, 0.1) is 43.0 Å². The standard InChI is InChI=1S/C19H19ClF3N3O5S/c1-30-14-6-4-12(17(9-14)31-2)10-24-25-18(27)11-26(32(3,28)29)16-8-13(19(21,22)23)5-7-15(16)20/h4-10H,11H2,1-3H3,(H,25,27)/b24-10-. The summed E-state index contributed by atoms with van der Waals surface area (Å²) in [6.07, 6.45) is -2.74. The Balaban J connectivity index is 2.23. The number of nitrogens with zero attached hydrogens (tertiary/aromatic N) is 2. The number of anilines is 1. The molecular formula is C19H19ClF3N3O5S. The maximum Gasteiger partial charge on any atom is 0.416 e. The summed E-state index contributed by atoms with van der Waals surface area (Å²) >= 11 is 5.91. The summed E-state index contributed by atoms with van der Waals surface area (Å²) in [4.78, 5) is 12.3. The minimum absolute atomic E-state index is 0.275. The Morgan fingerprint density at radius 2 is 1.88 bits per heavy atom. The predicted molar refractivity (Wildman–Crippen MR) is 114 cm³/mol. The molecule has 0 atom stereocenters. The molecule has 0 unspecified atom stereocenters. The van der Waals surface area contributed by atoms with Crippen LogP contribution in [0.4, 0.5) is 18.9 Å². The third-order valence-corrected chi connectivity index (χ3v) is 5.51. The number of halogens is 4. The molecule has 1 amide bonds. The number of nitrogens with one attached hydrogen (secondary N) is 1. The van der Waals surface area contributed by atoms with Crippen molar-refractivity contribution < 1.29 is 35.9 Å². The van der Waals surface area contributed by atoms with Crippen LogP contribution in [-0.4, -0.2) is 47.6 Å². The van der Waals surface area contributed by atoms with E-state index >= 15 is 0 Å². The summed E-state index contributed by atoms with van der Waals surface area (Å²) in [5.41, 5.74) is 1.000. The van der Waals surface area contributed by atoms with Crippen LogP contribution in [0.5, 0.6) is 11.5 Å². The fraction of sp³-hybridized carbons (Fsp3) is 0.263. The van der Waals surface area contributed by atoms with Crippen LogP contribution in [0.25, 0.3) is 0 Å². The van der Waals surface area contributed by atoms with Gasteiger partial charge in [-0.3, -0.25) is 9.10 Å². The van der Waals surface area contributed by atoms with Gasteiger partial charge in [0.15, 0.2) is 0 Å². The minimum atomic E-state index is -4.73. The largest absolute Gasteiger partial charge is 0.497 e. The van der Waals surface area contributed by atoms with E-state index in [0.717, 1.165) is 12.3 Å². The average Bonchev–Trinajstić information content (AvgIpc) is 2.71. The summed E-state index contributed by atoms with van der Waals surface area (Å²) < 4.78 is 74.1. The highest BCUT2D eigenvalue weighted by Crippen LogP contribution is 2.36. The first-order chi connectivity index (χ1) is 14.9. The lowest BCUT2D eigenvalue weighted by Crippen LogP contribution is -2.39. The second kappa shape index (κ2) is 10.1. The molecule has 2 aromatic rings. The van der Waals surface area contributed by atoms with E-state index in [2.05, 4.69) is 10.5 Å². The molecule has 0 spiro atoms. The SMILES string of the molecule is COc1ccc(/C=N\NC(=O)CN(c2cc(C(F)(F)F)ccc2Cl)S(C)(=O)=O)c(OC)c1. The first kappa shape index (κ1) is 25.3. The summed E-state index contributed by atoms with van der Waals surface area (Å²) in [5, 5.41) is 3.46. The molecule has 0 fully saturated rings. The van der Waals surface area contributed by atoms with Crippen LogP contribution in [-0.2, 0) is 21.0 Å². The first-order valence-corrected chi connectivity index (χ1v) is 11.0. The summed E-state index contributed by atoms with van der Waals surface area (Å²) in [6.45, 7) is -0.850. The van der Waals surface area contributed by atoms with Crippen LogP contribution in [0.15, 0.2) is 41.5 Å². The molecule has 174 valence electrons. The third-order valence-electron chi connectivity index (χ3n) is 4.06. The van der Waals surface area contributed by atoms with Gasteiger partial charge in [0.25, 0.3) is 5.91 Å². The highest BCUT2D eigenvalue weighted by atomic mass is 35.5. The quantitative estimate of drug-likeness (QED) is 0.449. The zero-order valence-electron chi connectivity index (χ0n) is 17.1. The number of carbonyl (C=O) groups is 1. The molecule has 0 heterocycles. The lowest BCUT2D eigenvalue weighted by molar-refractivity contribution is -0.137. The fourth-order valence-electron chi connectivity index (χ4n) is 2.53. The maximum atomic E-state index is 13.0. The fourth-order valence-corrected chi connectivity index (χ4v) is 3.66. The van der Waals surface area contributed by atoms with Crippen molar-refractivity contribution in [2.45, 2.75) is 6.18 Å². The molecular weight excluding hydrogens is 475 g/mol. The van der Waals surface area contributed by atoms with Crippen LogP contribution in [0, 0.1) is 0 Å². The molecule has 2 rings (SSSR count). The number of carbonyl (C=O) groups excluding carboxylic acids is 1. The summed E-state index contributed by atoms with van der Waals surface area (Å²) in [5.74, 6) is 0.0216. The van der Waals surface area contributed by atoms with E-state index in [-0.39, 0.29) is 5.02 Å². The molecule has 0 bridgehead atoms. The molecule has 32 heavy (non-hydrogen) atoms. The molecule has 0 saturated carbocycles. The Bertz CT molecular complexity index is 1120. The Labute approximate surface area is 187 Å². The molecule has 13 heteroatoms. The molecule has 0 radical (unpaired) electrons. The molecule has 1 N–H and O–H groups in total. The molecule has 0 aliphatic heterocycles. The Morgan fingerprint density at radius 3 is 2.44 bits per heavy atom. The van der Waals surface area contributed by atoms with E-state index < -0.39 is 39.9 Å². The van der Waals surface area contributed by atoms with Gasteiger partial charge in [0, 0.05) is 11.6 Å². The lowest BCUT2D eigenvalue weighted by Gasteiger charge is -2.23. The van der Waals surface area contributed by atoms with Crippen molar-refractivity contribution in [3.8, 4) is 11.5 Å². The van der Waals surface area contributed by atoms with Gasteiger partial charge in [-0.15, -0.1) is 0 Å². The number of rotatable bonds is 8. The first-order valence-electron chi connectivity index (χ1n) is 8.75. The summed E-state index contributed by atoms with van der Waals surface area (Å²) in [7, 11) is -1.26. The monoisotopic (exact) mass is 493 g/mol. The number of benzene rings is 2. The van der Waals surface area contributed by atoms with E-state index in [0.29, 0.717) is 33.5 Å². The van der Waals surface area contributed by atoms with Crippen LogP contribution >= 0.6 is 11.6 Å². The van der Waals surface area contributed by atoms with Gasteiger partial charge < -0.3 is 9.47 Å². The number of alkyl halides is 3. The summed E-state index contributed by atoms with van der Waals surface area (Å²) in [6, 6.07) is 7.00. The van der Waals surface area contributed by atoms with E-state index in [1.165, 1.54) is 20.4 Å². The van der Waals surface area contributed by atoms with E-state index in [4.69, 9.17) is 21.1 Å². The molecule has 2 aromatic carbocycles. The average molecular weight is 494 g/mol. The van der Waals surface area contributed by atoms with Crippen LogP contribution in [0.1, 0.15) is 11.1 Å². The van der Waals surface area contributed by atoms with Crippen LogP contribution in [0.3, 0.4) is 0 Å². The van der Waals surface area contributed by atoms with Gasteiger partial charge in [-0.1, -0.05) is 11.6 Å². The third kappa shape index (κ3) is 6.50. The number of amides is 1. The number of ether oxygens (including phenoxy) is 2. The van der Waals surface area contributed by atoms with Crippen LogP contribution < -0.4 is 19.2 Å². The van der Waals surface area contributed by atoms with E-state index in [9.17, 15) is 26.4 Å². The highest BCUT2D eigenvalue weighted by Gasteiger charge is 2.33. The van der Waals surface area contributed by atoms with Gasteiger partial charge in [-0.2, -0.15) is 18.3 Å². The van der Waals surface area contributed by atoms with Gasteiger partial charge in [-0.25, -0.2) is 13.8 Å². The van der Waals surface area contributed by atoms with Crippen molar-refractivity contribution in [2.24, 2.45) is 5.10 Å². The molecule has 0 aliphatic carbocycles. The highest BCUT2D eigenvalue weighted by molar-refractivity contribution is 7.92. The van der Waals surface area contributed by atoms with Gasteiger partial charge >= 0.3 is 6.18 Å². The van der Waals surface area contributed by atoms with E-state index in [1.54, 1.807) is 18.2 Å². The van der Waals surface area contributed by atoms with Crippen molar-refractivity contribution in [1.82, 2.24) is 5.43 Å². The van der Waals surface area contributed by atoms with E-state index in [1.807, 2.05) is 0 Å². The zero-order valence-corrected chi connectivity index (χ0v) is 18.7. The number of methoxy groups -OCH3 is 2. The van der Waals surface area contributed by atoms with Crippen molar-refractivity contribution in [1.29, 1.82) is 0 Å². The Kier molecular flexibility index (Phi) is 7.97. The minimum Gasteiger partial charge on any atom is -0.497 e. The second-order valence-corrected chi connectivity index (χ2v) is 8.65. The van der Waals surface area contributed by atoms with Crippen molar-refractivity contribution in [3.05, 3.63) is 52.5 Å². The van der Waals surface area contributed by atoms with Gasteiger partial charge in [0.1, 0.15) is 18.0 Å². The van der Waals surface area contributed by atoms with Crippen molar-refractivity contribution in [3.63, 3.8) is 0 Å². The van der Waals surface area contributed by atoms with Crippen molar-refractivity contribution >= 4 is 39.4 Å². The van der Waals surface area contributed by atoms with Crippen molar-refractivity contribution in [2.75, 3.05) is 31.3 Å². The zero-order chi connectivity index (χ0) is 24.1. The predicted octanol–water partition coefficient (Wildman–Crippen LogP) is 3.29. The number of hydrazone groups is 1. The number of hydrogen-bond donors (Lipinski definition) is 1. The topological polar surface area (TPSA) is 97.3 Å². The molecule has 8 nitrogen and oxygen atoms in total. The Morgan fingerprint density at radius 1 is 1.19 bits per heavy atom. The lowest BCUT2D eigenvalue weighted by atomic mass is 10.2. The second-order valence-electron chi connectivity index (χ2n) is 6.33. The van der Waals surface area contributed by atoms with Gasteiger partial charge in [-0.05, 0) is 30.3 Å². The molecule has 0 aromatic heterocycles. The number of sulfonamides is 1.